The summed E-state index contributed by atoms with van der Waals surface area (Å²) in [6.45, 7) is 8.67. The molecule has 3 fully saturated rings. The third-order valence-electron chi connectivity index (χ3n) is 8.03. The van der Waals surface area contributed by atoms with Gasteiger partial charge < -0.3 is 25.2 Å². The fraction of sp³-hybridized carbons (Fsp3) is 0.625. The lowest BCUT2D eigenvalue weighted by molar-refractivity contribution is -0.130. The van der Waals surface area contributed by atoms with Crippen LogP contribution in [0.25, 0.3) is 11.3 Å². The average Bonchev–Trinajstić information content (AvgIpc) is 3.57. The van der Waals surface area contributed by atoms with Crippen LogP contribution in [0.1, 0.15) is 25.3 Å². The number of carbonyl (C=O) groups excluding carboxylic acids is 1. The van der Waals surface area contributed by atoms with Crippen molar-refractivity contribution in [2.45, 2.75) is 37.8 Å². The zero-order valence-corrected chi connectivity index (χ0v) is 20.5. The maximum atomic E-state index is 12.7. The summed E-state index contributed by atoms with van der Waals surface area (Å²) in [4.78, 5) is 40.1. The number of carbonyl (C=O) groups is 1. The van der Waals surface area contributed by atoms with E-state index in [4.69, 9.17) is 20.4 Å². The van der Waals surface area contributed by atoms with Gasteiger partial charge in [0.1, 0.15) is 5.82 Å². The lowest BCUT2D eigenvalue weighted by atomic mass is 9.99. The quantitative estimate of drug-likeness (QED) is 0.661. The molecule has 0 saturated carbocycles. The molecule has 4 aliphatic rings. The highest BCUT2D eigenvalue weighted by Gasteiger charge is 2.47. The Hall–Kier alpha value is -3.05. The second-order valence-corrected chi connectivity index (χ2v) is 10.3. The van der Waals surface area contributed by atoms with E-state index in [9.17, 15) is 4.79 Å². The molecule has 2 aromatic heterocycles. The van der Waals surface area contributed by atoms with Crippen LogP contribution >= 0.6 is 0 Å². The number of hydrogen-bond donors (Lipinski definition) is 1. The van der Waals surface area contributed by atoms with Gasteiger partial charge in [0, 0.05) is 69.8 Å². The van der Waals surface area contributed by atoms with E-state index in [0.717, 1.165) is 87.1 Å². The molecule has 2 aromatic rings. The Labute approximate surface area is 205 Å². The first kappa shape index (κ1) is 22.4. The highest BCUT2D eigenvalue weighted by Crippen LogP contribution is 2.42. The summed E-state index contributed by atoms with van der Waals surface area (Å²) in [5.41, 5.74) is 8.52. The van der Waals surface area contributed by atoms with Gasteiger partial charge in [0.25, 0.3) is 0 Å². The van der Waals surface area contributed by atoms with E-state index >= 15 is 0 Å². The summed E-state index contributed by atoms with van der Waals surface area (Å²) in [6.07, 6.45) is 6.26. The van der Waals surface area contributed by atoms with Crippen LogP contribution in [0.2, 0.25) is 0 Å². The molecule has 4 aliphatic heterocycles. The highest BCUT2D eigenvalue weighted by atomic mass is 16.5. The number of aromatic nitrogens is 4. The van der Waals surface area contributed by atoms with Gasteiger partial charge in [0.2, 0.25) is 17.8 Å². The molecule has 35 heavy (non-hydrogen) atoms. The van der Waals surface area contributed by atoms with Crippen LogP contribution in [0.4, 0.5) is 17.7 Å². The number of nitrogen functional groups attached to an aromatic ring is 1. The van der Waals surface area contributed by atoms with E-state index < -0.39 is 0 Å². The molecule has 11 heteroatoms. The van der Waals surface area contributed by atoms with Gasteiger partial charge in [0.15, 0.2) is 0 Å². The molecule has 1 unspecified atom stereocenters. The predicted molar refractivity (Wildman–Crippen MR) is 132 cm³/mol. The Morgan fingerprint density at radius 2 is 1.86 bits per heavy atom. The Morgan fingerprint density at radius 3 is 2.57 bits per heavy atom. The summed E-state index contributed by atoms with van der Waals surface area (Å²) in [7, 11) is 1.90. The molecule has 0 radical (unpaired) electrons. The van der Waals surface area contributed by atoms with Gasteiger partial charge in [-0.15, -0.1) is 0 Å². The van der Waals surface area contributed by atoms with Crippen molar-refractivity contribution < 1.29 is 9.53 Å². The molecular weight excluding hydrogens is 446 g/mol. The summed E-state index contributed by atoms with van der Waals surface area (Å²) in [5.74, 6) is 2.21. The number of likely N-dealkylation sites (N-methyl/N-ethyl adjacent to an activating group) is 1. The molecule has 2 atom stereocenters. The average molecular weight is 480 g/mol. The zero-order valence-electron chi connectivity index (χ0n) is 20.5. The van der Waals surface area contributed by atoms with E-state index in [1.165, 1.54) is 0 Å². The number of nitrogens with two attached hydrogens (primary N) is 1. The number of amides is 1. The van der Waals surface area contributed by atoms with Gasteiger partial charge in [0.05, 0.1) is 30.5 Å². The van der Waals surface area contributed by atoms with Crippen LogP contribution in [0.3, 0.4) is 0 Å². The van der Waals surface area contributed by atoms with Gasteiger partial charge in [-0.3, -0.25) is 9.69 Å². The summed E-state index contributed by atoms with van der Waals surface area (Å²) < 4.78 is 5.56. The summed E-state index contributed by atoms with van der Waals surface area (Å²) >= 11 is 0. The minimum Gasteiger partial charge on any atom is -0.378 e. The number of anilines is 3. The van der Waals surface area contributed by atoms with E-state index in [-0.39, 0.29) is 23.4 Å². The molecule has 0 aromatic carbocycles. The van der Waals surface area contributed by atoms with E-state index in [1.54, 1.807) is 12.4 Å². The van der Waals surface area contributed by atoms with Gasteiger partial charge in [-0.1, -0.05) is 0 Å². The fourth-order valence-electron chi connectivity index (χ4n) is 5.98. The van der Waals surface area contributed by atoms with Crippen LogP contribution in [0.15, 0.2) is 12.4 Å². The van der Waals surface area contributed by atoms with Crippen molar-refractivity contribution >= 4 is 23.6 Å². The fourth-order valence-corrected chi connectivity index (χ4v) is 5.98. The predicted octanol–water partition coefficient (Wildman–Crippen LogP) is 0.410. The van der Waals surface area contributed by atoms with Gasteiger partial charge >= 0.3 is 0 Å². The lowest BCUT2D eigenvalue weighted by Gasteiger charge is -2.38. The zero-order chi connectivity index (χ0) is 24.2. The monoisotopic (exact) mass is 479 g/mol. The van der Waals surface area contributed by atoms with E-state index in [1.807, 2.05) is 11.9 Å². The molecule has 6 heterocycles. The first-order chi connectivity index (χ1) is 16.9. The number of likely N-dealkylation sites (tertiary alicyclic amines) is 2. The number of fused-ring (bicyclic) bond motifs is 1. The van der Waals surface area contributed by atoms with Crippen LogP contribution in [-0.4, -0.2) is 107 Å². The second-order valence-electron chi connectivity index (χ2n) is 10.3. The van der Waals surface area contributed by atoms with Crippen molar-refractivity contribution in [1.29, 1.82) is 0 Å². The Kier molecular flexibility index (Phi) is 5.48. The smallest absolute Gasteiger partial charge is 0.239 e. The number of rotatable bonds is 4. The summed E-state index contributed by atoms with van der Waals surface area (Å²) in [5, 5.41) is 0. The molecule has 0 aliphatic carbocycles. The van der Waals surface area contributed by atoms with Crippen LogP contribution in [-0.2, 0) is 16.0 Å². The second kappa shape index (κ2) is 8.56. The number of ether oxygens (including phenoxy) is 1. The lowest BCUT2D eigenvalue weighted by Crippen LogP contribution is -2.50. The standard InChI is InChI=1S/C24H33N9O2/c1-24(5-8-32(15-24)18-4-6-30(2)21(18)34)33-7-3-17-19(16-13-26-22(25)27-14-16)28-23(29-20(17)33)31-9-11-35-12-10-31/h13-14,18H,3-12,15H2,1-2H3,(H2,25,26,27)/t18?,24-/m0/s1. The maximum Gasteiger partial charge on any atom is 0.239 e. The van der Waals surface area contributed by atoms with Crippen molar-refractivity contribution in [3.05, 3.63) is 18.0 Å². The Bertz CT molecular complexity index is 1120. The molecule has 1 amide bonds. The van der Waals surface area contributed by atoms with Gasteiger partial charge in [-0.25, -0.2) is 15.0 Å². The van der Waals surface area contributed by atoms with Crippen molar-refractivity contribution in [3.63, 3.8) is 0 Å². The first-order valence-electron chi connectivity index (χ1n) is 12.5. The Morgan fingerprint density at radius 1 is 1.09 bits per heavy atom. The number of nitrogens with zero attached hydrogens (tertiary/aromatic N) is 8. The molecule has 0 spiro atoms. The molecule has 186 valence electrons. The Balaban J connectivity index is 1.36. The van der Waals surface area contributed by atoms with E-state index in [0.29, 0.717) is 13.2 Å². The van der Waals surface area contributed by atoms with Crippen molar-refractivity contribution in [3.8, 4) is 11.3 Å². The third kappa shape index (κ3) is 3.86. The topological polar surface area (TPSA) is 117 Å². The van der Waals surface area contributed by atoms with Gasteiger partial charge in [-0.2, -0.15) is 4.98 Å². The van der Waals surface area contributed by atoms with Crippen molar-refractivity contribution in [2.24, 2.45) is 0 Å². The van der Waals surface area contributed by atoms with Crippen LogP contribution in [0.5, 0.6) is 0 Å². The van der Waals surface area contributed by atoms with E-state index in [2.05, 4.69) is 31.6 Å². The van der Waals surface area contributed by atoms with Crippen LogP contribution < -0.4 is 15.5 Å². The largest absolute Gasteiger partial charge is 0.378 e. The summed E-state index contributed by atoms with van der Waals surface area (Å²) in [6, 6.07) is 0.000644. The van der Waals surface area contributed by atoms with Gasteiger partial charge in [-0.05, 0) is 26.2 Å². The molecule has 2 N–H and O–H groups in total. The molecule has 0 bridgehead atoms. The highest BCUT2D eigenvalue weighted by molar-refractivity contribution is 5.83. The normalized spacial score (nSPS) is 27.2. The van der Waals surface area contributed by atoms with Crippen molar-refractivity contribution in [1.82, 2.24) is 29.7 Å². The van der Waals surface area contributed by atoms with Crippen molar-refractivity contribution in [2.75, 3.05) is 75.1 Å². The van der Waals surface area contributed by atoms with Crippen LogP contribution in [0, 0.1) is 0 Å². The number of morpholine rings is 1. The number of hydrogen-bond acceptors (Lipinski definition) is 10. The molecule has 6 rings (SSSR count). The minimum atomic E-state index is -0.0990. The molecule has 3 saturated heterocycles. The molecule has 11 nitrogen and oxygen atoms in total. The maximum absolute atomic E-state index is 12.7. The first-order valence-corrected chi connectivity index (χ1v) is 12.5. The molecular formula is C24H33N9O2. The SMILES string of the molecule is CN1CCC(N2CC[C@](C)(N3CCc4c(-c5cnc(N)nc5)nc(N5CCOCC5)nc43)C2)C1=O. The third-order valence-corrected chi connectivity index (χ3v) is 8.03. The minimum absolute atomic E-state index is 0.000644.